The van der Waals surface area contributed by atoms with Crippen molar-refractivity contribution in [1.82, 2.24) is 4.90 Å². The van der Waals surface area contributed by atoms with E-state index in [1.807, 2.05) is 13.8 Å². The van der Waals surface area contributed by atoms with E-state index in [-0.39, 0.29) is 35.4 Å². The van der Waals surface area contributed by atoms with E-state index in [0.29, 0.717) is 32.1 Å². The molecule has 0 spiro atoms. The molecule has 2 aliphatic heterocycles. The number of nitriles is 1. The first-order valence-electron chi connectivity index (χ1n) is 13.8. The number of carbonyl (C=O) groups is 1. The molecule has 1 saturated heterocycles. The minimum atomic E-state index is -0.147. The standard InChI is InChI=1S/C30H40N2O4/c1-5-34-26-14-20-10-13-32(25(9-12-31)21(20)16-27(26)35-6-2)18-23-22-15-24-19(3)8-7-11-30(24,4)17-28(22)36-29(23)33/h14,16,22-25,28H,3,5-11,13,15,17-18H2,1-2,4H3. The second-order valence-electron chi connectivity index (χ2n) is 11.4. The van der Waals surface area contributed by atoms with Crippen molar-refractivity contribution < 1.29 is 19.0 Å². The lowest BCUT2D eigenvalue weighted by Gasteiger charge is -2.50. The van der Waals surface area contributed by atoms with Crippen LogP contribution in [0.2, 0.25) is 0 Å². The average molecular weight is 493 g/mol. The number of ether oxygens (including phenoxy) is 3. The predicted molar refractivity (Wildman–Crippen MR) is 138 cm³/mol. The van der Waals surface area contributed by atoms with Crippen molar-refractivity contribution in [3.05, 3.63) is 35.4 Å². The fourth-order valence-electron chi connectivity index (χ4n) is 7.56. The molecule has 0 amide bonds. The molecule has 1 aromatic carbocycles. The van der Waals surface area contributed by atoms with Gasteiger partial charge in [0.25, 0.3) is 0 Å². The molecular weight excluding hydrogens is 452 g/mol. The minimum Gasteiger partial charge on any atom is -0.490 e. The van der Waals surface area contributed by atoms with Gasteiger partial charge in [-0.3, -0.25) is 9.69 Å². The van der Waals surface area contributed by atoms with E-state index in [1.165, 1.54) is 24.0 Å². The van der Waals surface area contributed by atoms with Gasteiger partial charge >= 0.3 is 5.97 Å². The molecule has 2 saturated carbocycles. The van der Waals surface area contributed by atoms with Crippen LogP contribution in [0, 0.1) is 34.5 Å². The van der Waals surface area contributed by atoms with E-state index in [9.17, 15) is 10.1 Å². The number of rotatable bonds is 7. The molecule has 1 aromatic rings. The Morgan fingerprint density at radius 2 is 1.97 bits per heavy atom. The highest BCUT2D eigenvalue weighted by Gasteiger charge is 2.55. The highest BCUT2D eigenvalue weighted by molar-refractivity contribution is 5.75. The fraction of sp³-hybridized carbons (Fsp3) is 0.667. The smallest absolute Gasteiger partial charge is 0.310 e. The van der Waals surface area contributed by atoms with Gasteiger partial charge in [-0.25, -0.2) is 0 Å². The lowest BCUT2D eigenvalue weighted by molar-refractivity contribution is -0.146. The van der Waals surface area contributed by atoms with Gasteiger partial charge in [0.05, 0.1) is 31.6 Å². The van der Waals surface area contributed by atoms with Crippen molar-refractivity contribution in [3.8, 4) is 17.6 Å². The summed E-state index contributed by atoms with van der Waals surface area (Å²) in [6, 6.07) is 6.47. The Balaban J connectivity index is 1.40. The number of allylic oxidation sites excluding steroid dienone is 1. The lowest BCUT2D eigenvalue weighted by Crippen LogP contribution is -2.46. The summed E-state index contributed by atoms with van der Waals surface area (Å²) in [5, 5.41) is 9.73. The van der Waals surface area contributed by atoms with Crippen LogP contribution in [0.5, 0.6) is 11.5 Å². The molecule has 0 radical (unpaired) electrons. The highest BCUT2D eigenvalue weighted by Crippen LogP contribution is 2.57. The summed E-state index contributed by atoms with van der Waals surface area (Å²) in [7, 11) is 0. The second kappa shape index (κ2) is 10.1. The second-order valence-corrected chi connectivity index (χ2v) is 11.4. The molecule has 4 aliphatic rings. The molecule has 0 aromatic heterocycles. The summed E-state index contributed by atoms with van der Waals surface area (Å²) < 4.78 is 17.8. The zero-order chi connectivity index (χ0) is 25.4. The maximum absolute atomic E-state index is 13.2. The zero-order valence-electron chi connectivity index (χ0n) is 22.1. The quantitative estimate of drug-likeness (QED) is 0.364. The zero-order valence-corrected chi connectivity index (χ0v) is 22.1. The maximum Gasteiger partial charge on any atom is 0.310 e. The van der Waals surface area contributed by atoms with Crippen LogP contribution in [0.15, 0.2) is 24.3 Å². The van der Waals surface area contributed by atoms with Crippen molar-refractivity contribution in [2.45, 2.75) is 77.9 Å². The Kier molecular flexibility index (Phi) is 7.05. The van der Waals surface area contributed by atoms with Crippen LogP contribution in [0.4, 0.5) is 0 Å². The van der Waals surface area contributed by atoms with Crippen LogP contribution in [0.25, 0.3) is 0 Å². The van der Waals surface area contributed by atoms with Crippen molar-refractivity contribution in [2.24, 2.45) is 23.2 Å². The van der Waals surface area contributed by atoms with Crippen LogP contribution in [0.1, 0.15) is 76.5 Å². The molecule has 3 fully saturated rings. The van der Waals surface area contributed by atoms with Gasteiger partial charge in [0.2, 0.25) is 0 Å². The molecule has 194 valence electrons. The molecule has 6 nitrogen and oxygen atoms in total. The Morgan fingerprint density at radius 1 is 1.22 bits per heavy atom. The monoisotopic (exact) mass is 492 g/mol. The lowest BCUT2D eigenvalue weighted by atomic mass is 9.55. The summed E-state index contributed by atoms with van der Waals surface area (Å²) in [6.07, 6.45) is 6.69. The number of esters is 1. The third kappa shape index (κ3) is 4.41. The summed E-state index contributed by atoms with van der Waals surface area (Å²) in [5.74, 6) is 2.00. The summed E-state index contributed by atoms with van der Waals surface area (Å²) in [6.45, 7) is 13.3. The maximum atomic E-state index is 13.2. The Hall–Kier alpha value is -2.52. The number of hydrogen-bond donors (Lipinski definition) is 0. The summed E-state index contributed by atoms with van der Waals surface area (Å²) in [5.41, 5.74) is 3.89. The number of fused-ring (bicyclic) bond motifs is 3. The number of hydrogen-bond acceptors (Lipinski definition) is 6. The van der Waals surface area contributed by atoms with Gasteiger partial charge in [-0.15, -0.1) is 0 Å². The highest BCUT2D eigenvalue weighted by atomic mass is 16.6. The first-order valence-corrected chi connectivity index (χ1v) is 13.8. The molecule has 5 rings (SSSR count). The Bertz CT molecular complexity index is 1060. The molecule has 0 N–H and O–H groups in total. The third-order valence-corrected chi connectivity index (χ3v) is 9.31. The third-order valence-electron chi connectivity index (χ3n) is 9.31. The van der Waals surface area contributed by atoms with E-state index in [2.05, 4.69) is 36.6 Å². The molecule has 6 heteroatoms. The van der Waals surface area contributed by atoms with Crippen LogP contribution in [-0.2, 0) is 16.0 Å². The van der Waals surface area contributed by atoms with Gasteiger partial charge in [0, 0.05) is 25.0 Å². The topological polar surface area (TPSA) is 71.8 Å². The van der Waals surface area contributed by atoms with Crippen molar-refractivity contribution in [3.63, 3.8) is 0 Å². The molecule has 6 atom stereocenters. The molecule has 36 heavy (non-hydrogen) atoms. The van der Waals surface area contributed by atoms with Gasteiger partial charge < -0.3 is 14.2 Å². The summed E-state index contributed by atoms with van der Waals surface area (Å²) >= 11 is 0. The van der Waals surface area contributed by atoms with Gasteiger partial charge in [0.15, 0.2) is 11.5 Å². The van der Waals surface area contributed by atoms with E-state index in [1.54, 1.807) is 0 Å². The van der Waals surface area contributed by atoms with E-state index >= 15 is 0 Å². The number of carbonyl (C=O) groups excluding carboxylic acids is 1. The van der Waals surface area contributed by atoms with Crippen LogP contribution in [0.3, 0.4) is 0 Å². The van der Waals surface area contributed by atoms with Gasteiger partial charge in [-0.2, -0.15) is 5.26 Å². The summed E-state index contributed by atoms with van der Waals surface area (Å²) in [4.78, 5) is 15.5. The first kappa shape index (κ1) is 25.1. The van der Waals surface area contributed by atoms with Gasteiger partial charge in [0.1, 0.15) is 6.10 Å². The average Bonchev–Trinajstić information content (AvgIpc) is 3.13. The minimum absolute atomic E-state index is 0.0134. The van der Waals surface area contributed by atoms with E-state index < -0.39 is 0 Å². The fourth-order valence-corrected chi connectivity index (χ4v) is 7.56. The van der Waals surface area contributed by atoms with Crippen LogP contribution >= 0.6 is 0 Å². The largest absolute Gasteiger partial charge is 0.490 e. The first-order chi connectivity index (χ1) is 17.4. The normalized spacial score (nSPS) is 33.7. The van der Waals surface area contributed by atoms with Crippen LogP contribution in [-0.4, -0.2) is 43.3 Å². The van der Waals surface area contributed by atoms with Gasteiger partial charge in [-0.1, -0.05) is 19.1 Å². The Labute approximate surface area is 215 Å². The molecule has 0 bridgehead atoms. The van der Waals surface area contributed by atoms with Gasteiger partial charge in [-0.05, 0) is 87.0 Å². The molecule has 2 heterocycles. The van der Waals surface area contributed by atoms with E-state index in [4.69, 9.17) is 14.2 Å². The van der Waals surface area contributed by atoms with Crippen LogP contribution < -0.4 is 9.47 Å². The van der Waals surface area contributed by atoms with E-state index in [0.717, 1.165) is 49.3 Å². The molecular formula is C30H40N2O4. The SMILES string of the molecule is C=C1CCCC2(C)CC3OC(=O)C(CN4CCc5cc(OCC)c(OCC)cc5C4CC#N)C3CC12. The van der Waals surface area contributed by atoms with Crippen molar-refractivity contribution in [1.29, 1.82) is 5.26 Å². The number of nitrogens with zero attached hydrogens (tertiary/aromatic N) is 2. The van der Waals surface area contributed by atoms with Crippen molar-refractivity contribution >= 4 is 5.97 Å². The molecule has 6 unspecified atom stereocenters. The predicted octanol–water partition coefficient (Wildman–Crippen LogP) is 5.61. The number of benzene rings is 1. The Morgan fingerprint density at radius 3 is 2.69 bits per heavy atom. The molecule has 2 aliphatic carbocycles. The van der Waals surface area contributed by atoms with Crippen molar-refractivity contribution in [2.75, 3.05) is 26.3 Å².